The second-order valence-corrected chi connectivity index (χ2v) is 3.26. The van der Waals surface area contributed by atoms with Gasteiger partial charge in [-0.15, -0.1) is 0 Å². The number of nitrogens with zero attached hydrogens (tertiary/aromatic N) is 4. The van der Waals surface area contributed by atoms with Gasteiger partial charge >= 0.3 is 6.18 Å². The smallest absolute Gasteiger partial charge is 0.223 e. The monoisotopic (exact) mass is 248 g/mol. The van der Waals surface area contributed by atoms with E-state index in [0.717, 1.165) is 16.8 Å². The maximum Gasteiger partial charge on any atom is 0.416 e. The molecule has 0 aliphatic heterocycles. The SMILES string of the molecule is FC(F)(F)c1cc(Cl)nc(-n2cncn2)c1. The van der Waals surface area contributed by atoms with Crippen molar-refractivity contribution in [2.45, 2.75) is 6.18 Å². The lowest BCUT2D eigenvalue weighted by Crippen LogP contribution is -2.08. The van der Waals surface area contributed by atoms with E-state index in [-0.39, 0.29) is 11.0 Å². The molecule has 0 N–H and O–H groups in total. The summed E-state index contributed by atoms with van der Waals surface area (Å²) in [6.07, 6.45) is -2.05. The van der Waals surface area contributed by atoms with Gasteiger partial charge in [0, 0.05) is 0 Å². The number of rotatable bonds is 1. The molecule has 0 atom stereocenters. The molecule has 0 radical (unpaired) electrons. The average molecular weight is 249 g/mol. The van der Waals surface area contributed by atoms with Crippen LogP contribution in [-0.4, -0.2) is 19.7 Å². The highest BCUT2D eigenvalue weighted by Crippen LogP contribution is 2.31. The summed E-state index contributed by atoms with van der Waals surface area (Å²) < 4.78 is 38.5. The average Bonchev–Trinajstić information content (AvgIpc) is 2.68. The van der Waals surface area contributed by atoms with Gasteiger partial charge in [-0.1, -0.05) is 11.6 Å². The number of aromatic nitrogens is 4. The molecule has 2 heterocycles. The van der Waals surface area contributed by atoms with Crippen LogP contribution in [0.5, 0.6) is 0 Å². The second kappa shape index (κ2) is 3.75. The third kappa shape index (κ3) is 2.13. The van der Waals surface area contributed by atoms with Crippen LogP contribution >= 0.6 is 11.6 Å². The first-order valence-corrected chi connectivity index (χ1v) is 4.44. The Kier molecular flexibility index (Phi) is 2.55. The molecule has 0 aromatic carbocycles. The molecule has 0 fully saturated rings. The number of alkyl halides is 3. The lowest BCUT2D eigenvalue weighted by Gasteiger charge is -2.08. The van der Waals surface area contributed by atoms with Crippen molar-refractivity contribution in [1.29, 1.82) is 0 Å². The van der Waals surface area contributed by atoms with E-state index in [1.165, 1.54) is 12.7 Å². The standard InChI is InChI=1S/C8H4ClF3N4/c9-6-1-5(8(10,11)12)2-7(15-6)16-4-13-3-14-16/h1-4H. The van der Waals surface area contributed by atoms with Gasteiger partial charge < -0.3 is 0 Å². The zero-order valence-corrected chi connectivity index (χ0v) is 8.37. The van der Waals surface area contributed by atoms with E-state index in [2.05, 4.69) is 15.1 Å². The van der Waals surface area contributed by atoms with Crippen LogP contribution in [0.4, 0.5) is 13.2 Å². The molecule has 2 aromatic heterocycles. The van der Waals surface area contributed by atoms with Crippen molar-refractivity contribution in [3.8, 4) is 5.82 Å². The molecule has 0 aliphatic carbocycles. The predicted molar refractivity (Wildman–Crippen MR) is 49.2 cm³/mol. The minimum atomic E-state index is -4.47. The summed E-state index contributed by atoms with van der Waals surface area (Å²) in [5.41, 5.74) is -0.877. The molecule has 0 amide bonds. The van der Waals surface area contributed by atoms with Crippen LogP contribution in [0.3, 0.4) is 0 Å². The van der Waals surface area contributed by atoms with Crippen molar-refractivity contribution in [3.05, 3.63) is 35.5 Å². The molecule has 2 aromatic rings. The van der Waals surface area contributed by atoms with Crippen molar-refractivity contribution in [3.63, 3.8) is 0 Å². The van der Waals surface area contributed by atoms with E-state index in [4.69, 9.17) is 11.6 Å². The van der Waals surface area contributed by atoms with Crippen molar-refractivity contribution in [2.24, 2.45) is 0 Å². The summed E-state index contributed by atoms with van der Waals surface area (Å²) in [5.74, 6) is -0.0303. The normalized spacial score (nSPS) is 11.8. The molecule has 2 rings (SSSR count). The Morgan fingerprint density at radius 1 is 1.25 bits per heavy atom. The fourth-order valence-corrected chi connectivity index (χ4v) is 1.29. The minimum Gasteiger partial charge on any atom is -0.223 e. The van der Waals surface area contributed by atoms with Crippen molar-refractivity contribution < 1.29 is 13.2 Å². The number of hydrogen-bond acceptors (Lipinski definition) is 3. The maximum absolute atomic E-state index is 12.5. The van der Waals surface area contributed by atoms with Gasteiger partial charge in [-0.2, -0.15) is 18.3 Å². The highest BCUT2D eigenvalue weighted by molar-refractivity contribution is 6.29. The van der Waals surface area contributed by atoms with Crippen LogP contribution in [0.2, 0.25) is 5.15 Å². The van der Waals surface area contributed by atoms with Crippen LogP contribution < -0.4 is 0 Å². The summed E-state index contributed by atoms with van der Waals surface area (Å²) in [6, 6.07) is 1.60. The van der Waals surface area contributed by atoms with Crippen LogP contribution in [0, 0.1) is 0 Å². The number of hydrogen-bond donors (Lipinski definition) is 0. The number of pyridine rings is 1. The Morgan fingerprint density at radius 3 is 2.56 bits per heavy atom. The van der Waals surface area contributed by atoms with Crippen molar-refractivity contribution >= 4 is 11.6 Å². The lowest BCUT2D eigenvalue weighted by atomic mass is 10.2. The quantitative estimate of drug-likeness (QED) is 0.728. The Hall–Kier alpha value is -1.63. The van der Waals surface area contributed by atoms with Crippen LogP contribution in [0.15, 0.2) is 24.8 Å². The van der Waals surface area contributed by atoms with E-state index in [0.29, 0.717) is 0 Å². The van der Waals surface area contributed by atoms with Gasteiger partial charge in [-0.3, -0.25) is 0 Å². The minimum absolute atomic E-state index is 0.0303. The molecule has 4 nitrogen and oxygen atoms in total. The first kappa shape index (κ1) is 10.9. The zero-order chi connectivity index (χ0) is 11.8. The fraction of sp³-hybridized carbons (Fsp3) is 0.125. The van der Waals surface area contributed by atoms with Crippen LogP contribution in [0.1, 0.15) is 5.56 Å². The van der Waals surface area contributed by atoms with E-state index >= 15 is 0 Å². The first-order valence-electron chi connectivity index (χ1n) is 4.06. The Bertz CT molecular complexity index is 494. The topological polar surface area (TPSA) is 43.6 Å². The molecule has 16 heavy (non-hydrogen) atoms. The van der Waals surface area contributed by atoms with Gasteiger partial charge in [0.1, 0.15) is 17.8 Å². The van der Waals surface area contributed by atoms with Crippen LogP contribution in [-0.2, 0) is 6.18 Å². The fourth-order valence-electron chi connectivity index (χ4n) is 1.09. The van der Waals surface area contributed by atoms with E-state index < -0.39 is 11.7 Å². The highest BCUT2D eigenvalue weighted by Gasteiger charge is 2.31. The molecule has 0 bridgehead atoms. The number of halogens is 4. The first-order chi connectivity index (χ1) is 7.47. The van der Waals surface area contributed by atoms with Gasteiger partial charge in [0.05, 0.1) is 5.56 Å². The molecular weight excluding hydrogens is 245 g/mol. The Balaban J connectivity index is 2.53. The van der Waals surface area contributed by atoms with E-state index in [9.17, 15) is 13.2 Å². The molecule has 0 saturated heterocycles. The van der Waals surface area contributed by atoms with Crippen molar-refractivity contribution in [1.82, 2.24) is 19.7 Å². The highest BCUT2D eigenvalue weighted by atomic mass is 35.5. The summed E-state index contributed by atoms with van der Waals surface area (Å²) in [5, 5.41) is 3.42. The largest absolute Gasteiger partial charge is 0.416 e. The zero-order valence-electron chi connectivity index (χ0n) is 7.61. The molecular formula is C8H4ClF3N4. The maximum atomic E-state index is 12.5. The summed E-state index contributed by atoms with van der Waals surface area (Å²) in [4.78, 5) is 7.32. The van der Waals surface area contributed by atoms with E-state index in [1.807, 2.05) is 0 Å². The molecule has 0 unspecified atom stereocenters. The third-order valence-electron chi connectivity index (χ3n) is 1.76. The van der Waals surface area contributed by atoms with Gasteiger partial charge in [0.2, 0.25) is 0 Å². The van der Waals surface area contributed by atoms with Gasteiger partial charge in [0.15, 0.2) is 5.82 Å². The second-order valence-electron chi connectivity index (χ2n) is 2.87. The molecule has 84 valence electrons. The van der Waals surface area contributed by atoms with Crippen molar-refractivity contribution in [2.75, 3.05) is 0 Å². The summed E-state index contributed by atoms with van der Waals surface area (Å²) in [7, 11) is 0. The molecule has 0 spiro atoms. The van der Waals surface area contributed by atoms with Crippen LogP contribution in [0.25, 0.3) is 5.82 Å². The van der Waals surface area contributed by atoms with E-state index in [1.54, 1.807) is 0 Å². The Labute approximate surface area is 92.7 Å². The van der Waals surface area contributed by atoms with Gasteiger partial charge in [-0.25, -0.2) is 14.6 Å². The molecule has 0 saturated carbocycles. The third-order valence-corrected chi connectivity index (χ3v) is 1.95. The summed E-state index contributed by atoms with van der Waals surface area (Å²) >= 11 is 5.50. The Morgan fingerprint density at radius 2 is 2.00 bits per heavy atom. The molecule has 0 aliphatic rings. The lowest BCUT2D eigenvalue weighted by molar-refractivity contribution is -0.137. The summed E-state index contributed by atoms with van der Waals surface area (Å²) in [6.45, 7) is 0. The predicted octanol–water partition coefficient (Wildman–Crippen LogP) is 2.33. The van der Waals surface area contributed by atoms with Gasteiger partial charge in [0.25, 0.3) is 0 Å². The molecule has 8 heteroatoms. The van der Waals surface area contributed by atoms with Gasteiger partial charge in [-0.05, 0) is 12.1 Å².